The number of carbonyl (C=O) groups excluding carboxylic acids is 1. The van der Waals surface area contributed by atoms with Crippen LogP contribution >= 0.6 is 0 Å². The van der Waals surface area contributed by atoms with E-state index in [1.54, 1.807) is 13.0 Å². The molecule has 0 heterocycles. The lowest BCUT2D eigenvalue weighted by Crippen LogP contribution is -2.33. The molecule has 1 aromatic rings. The monoisotopic (exact) mass is 243 g/mol. The molecule has 1 fully saturated rings. The van der Waals surface area contributed by atoms with E-state index >= 15 is 0 Å². The van der Waals surface area contributed by atoms with Gasteiger partial charge in [-0.25, -0.2) is 13.2 Å². The Kier molecular flexibility index (Phi) is 2.64. The van der Waals surface area contributed by atoms with Crippen molar-refractivity contribution in [2.24, 2.45) is 5.73 Å². The predicted octanol–water partition coefficient (Wildman–Crippen LogP) is 2.75. The maximum atomic E-state index is 13.6. The molecule has 0 bridgehead atoms. The van der Waals surface area contributed by atoms with Crippen LogP contribution in [0.25, 0.3) is 0 Å². The molecule has 2 N–H and O–H groups in total. The van der Waals surface area contributed by atoms with Gasteiger partial charge in [0.1, 0.15) is 5.82 Å². The molecule has 5 heteroatoms. The molecule has 0 saturated heterocycles. The topological polar surface area (TPSA) is 43.1 Å². The molecule has 1 aliphatic rings. The fourth-order valence-electron chi connectivity index (χ4n) is 2.22. The molecule has 2 nitrogen and oxygen atoms in total. The first kappa shape index (κ1) is 12.0. The first-order chi connectivity index (χ1) is 7.80. The summed E-state index contributed by atoms with van der Waals surface area (Å²) in [5, 5.41) is 0. The van der Waals surface area contributed by atoms with Crippen molar-refractivity contribution in [3.05, 3.63) is 34.6 Å². The fourth-order valence-corrected chi connectivity index (χ4v) is 2.22. The average Bonchev–Trinajstić information content (AvgIpc) is 2.11. The number of carbonyl (C=O) groups is 1. The van der Waals surface area contributed by atoms with E-state index in [1.807, 2.05) is 0 Å². The minimum absolute atomic E-state index is 0.167. The zero-order valence-electron chi connectivity index (χ0n) is 9.27. The third-order valence-electron chi connectivity index (χ3n) is 3.12. The first-order valence-electron chi connectivity index (χ1n) is 5.28. The van der Waals surface area contributed by atoms with Crippen molar-refractivity contribution in [1.29, 1.82) is 0 Å². The van der Waals surface area contributed by atoms with E-state index < -0.39 is 17.6 Å². The highest BCUT2D eigenvalue weighted by Gasteiger charge is 2.46. The van der Waals surface area contributed by atoms with Gasteiger partial charge in [-0.2, -0.15) is 0 Å². The maximum Gasteiger partial charge on any atom is 0.251 e. The van der Waals surface area contributed by atoms with E-state index in [2.05, 4.69) is 0 Å². The van der Waals surface area contributed by atoms with Crippen LogP contribution < -0.4 is 5.73 Å². The van der Waals surface area contributed by atoms with E-state index in [9.17, 15) is 18.0 Å². The molecule has 1 aliphatic carbocycles. The minimum atomic E-state index is -2.64. The largest absolute Gasteiger partial charge is 0.365 e. The van der Waals surface area contributed by atoms with Gasteiger partial charge in [0.05, 0.1) is 5.56 Å². The molecule has 2 rings (SSSR count). The van der Waals surface area contributed by atoms with Crippen molar-refractivity contribution in [1.82, 2.24) is 0 Å². The van der Waals surface area contributed by atoms with Gasteiger partial charge in [0.25, 0.3) is 5.91 Å². The minimum Gasteiger partial charge on any atom is -0.365 e. The van der Waals surface area contributed by atoms with Crippen LogP contribution in [0.5, 0.6) is 0 Å². The van der Waals surface area contributed by atoms with E-state index in [0.717, 1.165) is 6.07 Å². The van der Waals surface area contributed by atoms with E-state index in [-0.39, 0.29) is 24.3 Å². The van der Waals surface area contributed by atoms with Crippen molar-refractivity contribution in [2.75, 3.05) is 0 Å². The molecular weight excluding hydrogens is 231 g/mol. The highest BCUT2D eigenvalue weighted by Crippen LogP contribution is 2.48. The molecule has 0 aliphatic heterocycles. The lowest BCUT2D eigenvalue weighted by molar-refractivity contribution is -0.0868. The van der Waals surface area contributed by atoms with Crippen molar-refractivity contribution in [2.45, 2.75) is 31.6 Å². The van der Waals surface area contributed by atoms with Crippen LogP contribution in [0.2, 0.25) is 0 Å². The summed E-state index contributed by atoms with van der Waals surface area (Å²) >= 11 is 0. The fraction of sp³-hybridized carbons (Fsp3) is 0.417. The number of nitrogens with two attached hydrogens (primary N) is 1. The third kappa shape index (κ3) is 2.14. The van der Waals surface area contributed by atoms with Gasteiger partial charge in [0.15, 0.2) is 0 Å². The lowest BCUT2D eigenvalue weighted by atomic mass is 9.76. The second-order valence-electron chi connectivity index (χ2n) is 4.52. The zero-order valence-corrected chi connectivity index (χ0v) is 9.27. The predicted molar refractivity (Wildman–Crippen MR) is 56.6 cm³/mol. The van der Waals surface area contributed by atoms with Crippen LogP contribution in [0.1, 0.15) is 40.2 Å². The summed E-state index contributed by atoms with van der Waals surface area (Å²) in [4.78, 5) is 11.0. The van der Waals surface area contributed by atoms with Gasteiger partial charge in [0.2, 0.25) is 5.92 Å². The van der Waals surface area contributed by atoms with Crippen molar-refractivity contribution in [3.8, 4) is 0 Å². The summed E-state index contributed by atoms with van der Waals surface area (Å²) in [6.07, 6.45) is -0.524. The second kappa shape index (κ2) is 3.75. The number of hydrogen-bond donors (Lipinski definition) is 1. The Labute approximate surface area is 96.6 Å². The van der Waals surface area contributed by atoms with E-state index in [4.69, 9.17) is 5.73 Å². The molecule has 0 unspecified atom stereocenters. The summed E-state index contributed by atoms with van der Waals surface area (Å²) < 4.78 is 39.0. The summed E-state index contributed by atoms with van der Waals surface area (Å²) in [6, 6.07) is 2.69. The van der Waals surface area contributed by atoms with Gasteiger partial charge in [-0.1, -0.05) is 6.07 Å². The molecular formula is C12H12F3NO. The number of benzene rings is 1. The van der Waals surface area contributed by atoms with Crippen LogP contribution in [-0.2, 0) is 0 Å². The molecule has 0 atom stereocenters. The Morgan fingerprint density at radius 2 is 2.00 bits per heavy atom. The van der Waals surface area contributed by atoms with Crippen LogP contribution in [-0.4, -0.2) is 11.8 Å². The normalized spacial score (nSPS) is 18.8. The first-order valence-corrected chi connectivity index (χ1v) is 5.28. The van der Waals surface area contributed by atoms with Gasteiger partial charge in [-0.15, -0.1) is 0 Å². The lowest BCUT2D eigenvalue weighted by Gasteiger charge is -2.35. The number of alkyl halides is 2. The third-order valence-corrected chi connectivity index (χ3v) is 3.12. The Morgan fingerprint density at radius 3 is 2.41 bits per heavy atom. The number of amides is 1. The van der Waals surface area contributed by atoms with Crippen molar-refractivity contribution < 1.29 is 18.0 Å². The molecule has 17 heavy (non-hydrogen) atoms. The van der Waals surface area contributed by atoms with Crippen molar-refractivity contribution >= 4 is 5.91 Å². The molecule has 1 aromatic carbocycles. The smallest absolute Gasteiger partial charge is 0.251 e. The highest BCUT2D eigenvalue weighted by atomic mass is 19.3. The van der Waals surface area contributed by atoms with Crippen LogP contribution in [0.15, 0.2) is 12.1 Å². The molecule has 92 valence electrons. The second-order valence-corrected chi connectivity index (χ2v) is 4.52. The molecule has 0 aromatic heterocycles. The Balaban J connectivity index is 2.31. The molecule has 0 spiro atoms. The summed E-state index contributed by atoms with van der Waals surface area (Å²) in [7, 11) is 0. The van der Waals surface area contributed by atoms with Crippen LogP contribution in [0.3, 0.4) is 0 Å². The van der Waals surface area contributed by atoms with E-state index in [0.29, 0.717) is 11.1 Å². The molecule has 1 saturated carbocycles. The van der Waals surface area contributed by atoms with Gasteiger partial charge in [-0.3, -0.25) is 4.79 Å². The number of aryl methyl sites for hydroxylation is 1. The maximum absolute atomic E-state index is 13.6. The number of halogens is 3. The van der Waals surface area contributed by atoms with Gasteiger partial charge >= 0.3 is 0 Å². The summed E-state index contributed by atoms with van der Waals surface area (Å²) in [6.45, 7) is 1.55. The zero-order chi connectivity index (χ0) is 12.8. The molecule has 1 amide bonds. The standard InChI is InChI=1S/C12H12F3NO/c1-6-2-7(8-4-12(14,15)5-8)3-9(13)10(6)11(16)17/h2-3,8H,4-5H2,1H3,(H2,16,17). The summed E-state index contributed by atoms with van der Waals surface area (Å²) in [5.41, 5.74) is 5.77. The van der Waals surface area contributed by atoms with E-state index in [1.165, 1.54) is 0 Å². The number of rotatable bonds is 2. The molecule has 0 radical (unpaired) electrons. The Morgan fingerprint density at radius 1 is 1.41 bits per heavy atom. The van der Waals surface area contributed by atoms with Gasteiger partial charge in [-0.05, 0) is 30.0 Å². The Hall–Kier alpha value is -1.52. The van der Waals surface area contributed by atoms with Gasteiger partial charge in [0, 0.05) is 12.8 Å². The summed E-state index contributed by atoms with van der Waals surface area (Å²) in [5.74, 6) is -4.55. The number of primary amides is 1. The Bertz CT molecular complexity index is 454. The van der Waals surface area contributed by atoms with Gasteiger partial charge < -0.3 is 5.73 Å². The van der Waals surface area contributed by atoms with Crippen molar-refractivity contribution in [3.63, 3.8) is 0 Å². The quantitative estimate of drug-likeness (QED) is 0.852. The SMILES string of the molecule is Cc1cc(C2CC(F)(F)C2)cc(F)c1C(N)=O. The average molecular weight is 243 g/mol. The van der Waals surface area contributed by atoms with Crippen LogP contribution in [0, 0.1) is 12.7 Å². The highest BCUT2D eigenvalue weighted by molar-refractivity contribution is 5.94. The van der Waals surface area contributed by atoms with Crippen LogP contribution in [0.4, 0.5) is 13.2 Å². The number of hydrogen-bond acceptors (Lipinski definition) is 1.